The standard InChI is InChI=1S/C10H15ClO2S/c1-4-13-10(2,3)9(12)7-5-6-8(11)14-7/h5-6,9,12H,4H2,1-3H3. The van der Waals surface area contributed by atoms with Gasteiger partial charge in [0.05, 0.1) is 9.94 Å². The summed E-state index contributed by atoms with van der Waals surface area (Å²) in [4.78, 5) is 0.841. The van der Waals surface area contributed by atoms with Crippen molar-refractivity contribution in [3.05, 3.63) is 21.3 Å². The first-order valence-electron chi connectivity index (χ1n) is 4.54. The van der Waals surface area contributed by atoms with E-state index in [1.165, 1.54) is 11.3 Å². The van der Waals surface area contributed by atoms with Crippen LogP contribution in [0.1, 0.15) is 31.8 Å². The highest BCUT2D eigenvalue weighted by atomic mass is 35.5. The third kappa shape index (κ3) is 2.70. The fourth-order valence-corrected chi connectivity index (χ4v) is 2.49. The van der Waals surface area contributed by atoms with Crippen LogP contribution in [-0.4, -0.2) is 17.3 Å². The molecule has 14 heavy (non-hydrogen) atoms. The molecular formula is C10H15ClO2S. The summed E-state index contributed by atoms with van der Waals surface area (Å²) in [6.07, 6.45) is -0.625. The van der Waals surface area contributed by atoms with Gasteiger partial charge in [0.25, 0.3) is 0 Å². The highest BCUT2D eigenvalue weighted by molar-refractivity contribution is 7.16. The maximum Gasteiger partial charge on any atom is 0.117 e. The Bertz CT molecular complexity index is 296. The molecule has 0 fully saturated rings. The molecule has 1 aromatic heterocycles. The lowest BCUT2D eigenvalue weighted by atomic mass is 10.0. The Hall–Kier alpha value is -0.0900. The Kier molecular flexibility index (Phi) is 3.95. The molecule has 1 aromatic rings. The molecule has 0 saturated carbocycles. The first kappa shape index (κ1) is 12.0. The van der Waals surface area contributed by atoms with Crippen LogP contribution in [-0.2, 0) is 4.74 Å². The maximum absolute atomic E-state index is 10.0. The SMILES string of the molecule is CCOC(C)(C)C(O)c1ccc(Cl)s1. The van der Waals surface area contributed by atoms with Crippen LogP contribution in [0.5, 0.6) is 0 Å². The minimum absolute atomic E-state index is 0.567. The molecular weight excluding hydrogens is 220 g/mol. The Morgan fingerprint density at radius 3 is 2.64 bits per heavy atom. The number of hydrogen-bond donors (Lipinski definition) is 1. The van der Waals surface area contributed by atoms with Crippen molar-refractivity contribution in [2.75, 3.05) is 6.61 Å². The highest BCUT2D eigenvalue weighted by Crippen LogP contribution is 2.34. The molecule has 1 N–H and O–H groups in total. The van der Waals surface area contributed by atoms with Crippen LogP contribution >= 0.6 is 22.9 Å². The number of hydrogen-bond acceptors (Lipinski definition) is 3. The first-order chi connectivity index (χ1) is 6.47. The molecule has 80 valence electrons. The van der Waals surface area contributed by atoms with Crippen molar-refractivity contribution >= 4 is 22.9 Å². The molecule has 2 nitrogen and oxygen atoms in total. The molecule has 0 bridgehead atoms. The molecule has 0 radical (unpaired) electrons. The van der Waals surface area contributed by atoms with Crippen LogP contribution in [0.25, 0.3) is 0 Å². The Labute approximate surface area is 93.5 Å². The monoisotopic (exact) mass is 234 g/mol. The summed E-state index contributed by atoms with van der Waals surface area (Å²) in [7, 11) is 0. The fraction of sp³-hybridized carbons (Fsp3) is 0.600. The molecule has 0 saturated heterocycles. The number of halogens is 1. The second-order valence-electron chi connectivity index (χ2n) is 3.58. The largest absolute Gasteiger partial charge is 0.385 e. The van der Waals surface area contributed by atoms with Gasteiger partial charge in [-0.15, -0.1) is 11.3 Å². The number of aliphatic hydroxyl groups excluding tert-OH is 1. The number of aliphatic hydroxyl groups is 1. The molecule has 0 spiro atoms. The van der Waals surface area contributed by atoms with E-state index in [4.69, 9.17) is 16.3 Å². The normalized spacial score (nSPS) is 14.4. The van der Waals surface area contributed by atoms with Crippen LogP contribution in [0.2, 0.25) is 4.34 Å². The van der Waals surface area contributed by atoms with Crippen molar-refractivity contribution < 1.29 is 9.84 Å². The van der Waals surface area contributed by atoms with Gasteiger partial charge in [0.15, 0.2) is 0 Å². The third-order valence-corrected chi connectivity index (χ3v) is 3.32. The highest BCUT2D eigenvalue weighted by Gasteiger charge is 2.30. The van der Waals surface area contributed by atoms with Gasteiger partial charge in [-0.25, -0.2) is 0 Å². The van der Waals surface area contributed by atoms with E-state index in [2.05, 4.69) is 0 Å². The zero-order valence-corrected chi connectivity index (χ0v) is 10.2. The molecule has 0 aliphatic heterocycles. The average Bonchev–Trinajstić information content (AvgIpc) is 2.50. The van der Waals surface area contributed by atoms with Gasteiger partial charge >= 0.3 is 0 Å². The molecule has 1 unspecified atom stereocenters. The lowest BCUT2D eigenvalue weighted by molar-refractivity contribution is -0.0970. The smallest absolute Gasteiger partial charge is 0.117 e. The Morgan fingerprint density at radius 2 is 2.21 bits per heavy atom. The van der Waals surface area contributed by atoms with E-state index in [-0.39, 0.29) is 0 Å². The van der Waals surface area contributed by atoms with Gasteiger partial charge in [-0.1, -0.05) is 11.6 Å². The summed E-state index contributed by atoms with van der Waals surface area (Å²) in [5.74, 6) is 0. The lowest BCUT2D eigenvalue weighted by Gasteiger charge is -2.29. The van der Waals surface area contributed by atoms with Gasteiger partial charge in [0.2, 0.25) is 0 Å². The van der Waals surface area contributed by atoms with Gasteiger partial charge in [0.1, 0.15) is 6.10 Å². The quantitative estimate of drug-likeness (QED) is 0.867. The van der Waals surface area contributed by atoms with Crippen molar-refractivity contribution in [2.24, 2.45) is 0 Å². The van der Waals surface area contributed by atoms with E-state index in [0.29, 0.717) is 10.9 Å². The molecule has 0 aliphatic carbocycles. The van der Waals surface area contributed by atoms with Gasteiger partial charge in [0, 0.05) is 11.5 Å². The topological polar surface area (TPSA) is 29.5 Å². The van der Waals surface area contributed by atoms with Crippen LogP contribution in [0.4, 0.5) is 0 Å². The summed E-state index contributed by atoms with van der Waals surface area (Å²) in [5, 5.41) is 10.0. The van der Waals surface area contributed by atoms with Crippen LogP contribution in [0, 0.1) is 0 Å². The summed E-state index contributed by atoms with van der Waals surface area (Å²) in [5.41, 5.74) is -0.567. The van der Waals surface area contributed by atoms with Crippen molar-refractivity contribution in [3.63, 3.8) is 0 Å². The van der Waals surface area contributed by atoms with Gasteiger partial charge in [-0.2, -0.15) is 0 Å². The zero-order chi connectivity index (χ0) is 10.8. The Morgan fingerprint density at radius 1 is 1.57 bits per heavy atom. The summed E-state index contributed by atoms with van der Waals surface area (Å²) in [6.45, 7) is 6.24. The van der Waals surface area contributed by atoms with Crippen LogP contribution in [0.15, 0.2) is 12.1 Å². The predicted octanol–water partition coefficient (Wildman–Crippen LogP) is 3.25. The average molecular weight is 235 g/mol. The number of rotatable bonds is 4. The Balaban J connectivity index is 2.78. The first-order valence-corrected chi connectivity index (χ1v) is 5.74. The number of thiophene rings is 1. The predicted molar refractivity (Wildman–Crippen MR) is 60.0 cm³/mol. The van der Waals surface area contributed by atoms with Crippen LogP contribution < -0.4 is 0 Å². The fourth-order valence-electron chi connectivity index (χ4n) is 1.27. The summed E-state index contributed by atoms with van der Waals surface area (Å²) in [6, 6.07) is 3.62. The van der Waals surface area contributed by atoms with Crippen molar-refractivity contribution in [1.82, 2.24) is 0 Å². The van der Waals surface area contributed by atoms with Gasteiger partial charge in [-0.05, 0) is 32.9 Å². The number of ether oxygens (including phenoxy) is 1. The zero-order valence-electron chi connectivity index (χ0n) is 8.58. The van der Waals surface area contributed by atoms with E-state index in [0.717, 1.165) is 4.88 Å². The minimum atomic E-state index is -0.625. The maximum atomic E-state index is 10.0. The minimum Gasteiger partial charge on any atom is -0.385 e. The third-order valence-electron chi connectivity index (χ3n) is 2.04. The molecule has 1 heterocycles. The molecule has 0 aliphatic rings. The van der Waals surface area contributed by atoms with E-state index in [1.54, 1.807) is 6.07 Å². The summed E-state index contributed by atoms with van der Waals surface area (Å²) < 4.78 is 6.15. The van der Waals surface area contributed by atoms with Gasteiger partial charge < -0.3 is 9.84 Å². The van der Waals surface area contributed by atoms with E-state index in [1.807, 2.05) is 26.8 Å². The molecule has 0 amide bonds. The van der Waals surface area contributed by atoms with E-state index < -0.39 is 11.7 Å². The van der Waals surface area contributed by atoms with Crippen molar-refractivity contribution in [1.29, 1.82) is 0 Å². The van der Waals surface area contributed by atoms with E-state index >= 15 is 0 Å². The van der Waals surface area contributed by atoms with Crippen molar-refractivity contribution in [2.45, 2.75) is 32.5 Å². The molecule has 4 heteroatoms. The molecule has 1 rings (SSSR count). The lowest BCUT2D eigenvalue weighted by Crippen LogP contribution is -2.32. The van der Waals surface area contributed by atoms with Crippen LogP contribution in [0.3, 0.4) is 0 Å². The van der Waals surface area contributed by atoms with Gasteiger partial charge in [-0.3, -0.25) is 0 Å². The summed E-state index contributed by atoms with van der Waals surface area (Å²) >= 11 is 7.18. The van der Waals surface area contributed by atoms with E-state index in [9.17, 15) is 5.11 Å². The van der Waals surface area contributed by atoms with Crippen molar-refractivity contribution in [3.8, 4) is 0 Å². The molecule has 0 aromatic carbocycles. The second kappa shape index (κ2) is 4.62. The second-order valence-corrected chi connectivity index (χ2v) is 5.33. The molecule has 1 atom stereocenters.